The third-order valence-electron chi connectivity index (χ3n) is 5.67. The maximum absolute atomic E-state index is 12.9. The van der Waals surface area contributed by atoms with Crippen molar-refractivity contribution < 1.29 is 9.59 Å². The summed E-state index contributed by atoms with van der Waals surface area (Å²) in [6.07, 6.45) is 3.56. The molecule has 2 aliphatic rings. The summed E-state index contributed by atoms with van der Waals surface area (Å²) >= 11 is 0. The van der Waals surface area contributed by atoms with Gasteiger partial charge in [-0.15, -0.1) is 0 Å². The van der Waals surface area contributed by atoms with E-state index in [1.54, 1.807) is 6.20 Å². The normalized spacial score (nSPS) is 17.0. The van der Waals surface area contributed by atoms with Crippen LogP contribution in [0.2, 0.25) is 0 Å². The molecule has 5 rings (SSSR count). The largest absolute Gasteiger partial charge is 0.348 e. The molecule has 2 amide bonds. The standard InChI is InChI=1S/C21H21N5O2/c1-25-4-6-26(7-5-25)21(28)15-9-17-18(12-23-19(17)22-11-15)13-2-3-16-14(8-13)10-24-20(16)27/h2-3,8-9,11-12H,4-7,10H2,1H3,(H,22,23)(H,24,27). The molecule has 1 fully saturated rings. The number of benzene rings is 1. The Morgan fingerprint density at radius 1 is 1.11 bits per heavy atom. The van der Waals surface area contributed by atoms with Crippen molar-refractivity contribution in [1.82, 2.24) is 25.1 Å². The fourth-order valence-electron chi connectivity index (χ4n) is 3.95. The molecule has 1 aromatic carbocycles. The van der Waals surface area contributed by atoms with Crippen LogP contribution in [0.1, 0.15) is 26.3 Å². The number of aromatic amines is 1. The van der Waals surface area contributed by atoms with Gasteiger partial charge < -0.3 is 20.1 Å². The Labute approximate surface area is 162 Å². The maximum Gasteiger partial charge on any atom is 0.255 e. The molecule has 0 spiro atoms. The van der Waals surface area contributed by atoms with Gasteiger partial charge in [0.1, 0.15) is 5.65 Å². The fourth-order valence-corrected chi connectivity index (χ4v) is 3.95. The lowest BCUT2D eigenvalue weighted by Crippen LogP contribution is -2.47. The van der Waals surface area contributed by atoms with Crippen molar-refractivity contribution in [2.75, 3.05) is 33.2 Å². The summed E-state index contributed by atoms with van der Waals surface area (Å²) in [5.41, 5.74) is 5.07. The van der Waals surface area contributed by atoms with Gasteiger partial charge in [-0.2, -0.15) is 0 Å². The van der Waals surface area contributed by atoms with Crippen molar-refractivity contribution in [2.45, 2.75) is 6.54 Å². The van der Waals surface area contributed by atoms with Gasteiger partial charge >= 0.3 is 0 Å². The molecule has 0 bridgehead atoms. The number of H-pyrrole nitrogens is 1. The highest BCUT2D eigenvalue weighted by molar-refractivity contribution is 6.02. The molecule has 4 heterocycles. The first kappa shape index (κ1) is 16.9. The van der Waals surface area contributed by atoms with Crippen LogP contribution in [0.3, 0.4) is 0 Å². The number of fused-ring (bicyclic) bond motifs is 2. The molecule has 0 saturated carbocycles. The van der Waals surface area contributed by atoms with Gasteiger partial charge in [0.15, 0.2) is 0 Å². The van der Waals surface area contributed by atoms with Crippen LogP contribution in [0.5, 0.6) is 0 Å². The number of aromatic nitrogens is 2. The van der Waals surface area contributed by atoms with Gasteiger partial charge in [-0.1, -0.05) is 6.07 Å². The summed E-state index contributed by atoms with van der Waals surface area (Å²) in [5, 5.41) is 3.76. The SMILES string of the molecule is CN1CCN(C(=O)c2cnc3[nH]cc(-c4ccc5c(c4)CNC5=O)c3c2)CC1. The third-order valence-corrected chi connectivity index (χ3v) is 5.67. The first-order valence-corrected chi connectivity index (χ1v) is 9.46. The molecule has 0 unspecified atom stereocenters. The average Bonchev–Trinajstić information content (AvgIpc) is 3.31. The second kappa shape index (κ2) is 6.45. The van der Waals surface area contributed by atoms with Gasteiger partial charge in [-0.05, 0) is 36.4 Å². The molecular formula is C21H21N5O2. The number of piperazine rings is 1. The summed E-state index contributed by atoms with van der Waals surface area (Å²) in [5.74, 6) is 0.000558. The molecule has 28 heavy (non-hydrogen) atoms. The minimum Gasteiger partial charge on any atom is -0.348 e. The summed E-state index contributed by atoms with van der Waals surface area (Å²) < 4.78 is 0. The number of rotatable bonds is 2. The number of likely N-dealkylation sites (N-methyl/N-ethyl adjacent to an activating group) is 1. The van der Waals surface area contributed by atoms with Gasteiger partial charge in [0.05, 0.1) is 5.56 Å². The van der Waals surface area contributed by atoms with E-state index in [-0.39, 0.29) is 11.8 Å². The summed E-state index contributed by atoms with van der Waals surface area (Å²) in [7, 11) is 2.07. The number of carbonyl (C=O) groups is 2. The van der Waals surface area contributed by atoms with Crippen molar-refractivity contribution in [3.8, 4) is 11.1 Å². The molecule has 2 aromatic heterocycles. The number of nitrogens with one attached hydrogen (secondary N) is 2. The van der Waals surface area contributed by atoms with E-state index in [9.17, 15) is 9.59 Å². The van der Waals surface area contributed by atoms with Crippen LogP contribution in [0.4, 0.5) is 0 Å². The number of hydrogen-bond donors (Lipinski definition) is 2. The lowest BCUT2D eigenvalue weighted by Gasteiger charge is -2.32. The molecule has 7 heteroatoms. The van der Waals surface area contributed by atoms with Gasteiger partial charge in [0.2, 0.25) is 0 Å². The maximum atomic E-state index is 12.9. The highest BCUT2D eigenvalue weighted by Crippen LogP contribution is 2.31. The highest BCUT2D eigenvalue weighted by Gasteiger charge is 2.22. The second-order valence-corrected chi connectivity index (χ2v) is 7.47. The topological polar surface area (TPSA) is 81.3 Å². The van der Waals surface area contributed by atoms with Gasteiger partial charge in [0, 0.05) is 61.6 Å². The van der Waals surface area contributed by atoms with Gasteiger partial charge in [-0.25, -0.2) is 4.98 Å². The van der Waals surface area contributed by atoms with Crippen molar-refractivity contribution >= 4 is 22.8 Å². The van der Waals surface area contributed by atoms with Crippen LogP contribution in [0, 0.1) is 0 Å². The van der Waals surface area contributed by atoms with Crippen LogP contribution in [0.15, 0.2) is 36.7 Å². The molecule has 0 radical (unpaired) electrons. The van der Waals surface area contributed by atoms with Crippen LogP contribution < -0.4 is 5.32 Å². The monoisotopic (exact) mass is 375 g/mol. The van der Waals surface area contributed by atoms with Crippen LogP contribution in [0.25, 0.3) is 22.2 Å². The second-order valence-electron chi connectivity index (χ2n) is 7.47. The number of hydrogen-bond acceptors (Lipinski definition) is 4. The van der Waals surface area contributed by atoms with E-state index in [2.05, 4.69) is 27.2 Å². The van der Waals surface area contributed by atoms with Crippen LogP contribution in [-0.4, -0.2) is 64.8 Å². The van der Waals surface area contributed by atoms with Crippen LogP contribution >= 0.6 is 0 Å². The predicted molar refractivity (Wildman–Crippen MR) is 106 cm³/mol. The van der Waals surface area contributed by atoms with E-state index < -0.39 is 0 Å². The Balaban J connectivity index is 1.51. The smallest absolute Gasteiger partial charge is 0.255 e. The average molecular weight is 375 g/mol. The molecule has 3 aromatic rings. The minimum absolute atomic E-state index is 0.0257. The predicted octanol–water partition coefficient (Wildman–Crippen LogP) is 1.86. The quantitative estimate of drug-likeness (QED) is 0.716. The van der Waals surface area contributed by atoms with Crippen molar-refractivity contribution in [3.05, 3.63) is 53.3 Å². The molecule has 2 aliphatic heterocycles. The first-order valence-electron chi connectivity index (χ1n) is 9.46. The number of nitrogens with zero attached hydrogens (tertiary/aromatic N) is 3. The zero-order valence-electron chi connectivity index (χ0n) is 15.7. The summed E-state index contributed by atoms with van der Waals surface area (Å²) in [6.45, 7) is 3.80. The molecule has 0 aliphatic carbocycles. The number of carbonyl (C=O) groups excluding carboxylic acids is 2. The van der Waals surface area contributed by atoms with Crippen LogP contribution in [-0.2, 0) is 6.54 Å². The van der Waals surface area contributed by atoms with Crippen molar-refractivity contribution in [2.24, 2.45) is 0 Å². The number of amides is 2. The highest BCUT2D eigenvalue weighted by atomic mass is 16.2. The molecule has 7 nitrogen and oxygen atoms in total. The van der Waals surface area contributed by atoms with E-state index in [0.717, 1.165) is 59.5 Å². The van der Waals surface area contributed by atoms with E-state index in [1.165, 1.54) is 0 Å². The minimum atomic E-state index is -0.0257. The Hall–Kier alpha value is -3.19. The molecular weight excluding hydrogens is 354 g/mol. The zero-order valence-corrected chi connectivity index (χ0v) is 15.7. The van der Waals surface area contributed by atoms with E-state index in [0.29, 0.717) is 12.1 Å². The first-order chi connectivity index (χ1) is 13.6. The molecule has 2 N–H and O–H groups in total. The van der Waals surface area contributed by atoms with Crippen molar-refractivity contribution in [3.63, 3.8) is 0 Å². The molecule has 0 atom stereocenters. The van der Waals surface area contributed by atoms with Crippen molar-refractivity contribution in [1.29, 1.82) is 0 Å². The summed E-state index contributed by atoms with van der Waals surface area (Å²) in [6, 6.07) is 7.76. The van der Waals surface area contributed by atoms with E-state index in [4.69, 9.17) is 0 Å². The van der Waals surface area contributed by atoms with E-state index >= 15 is 0 Å². The van der Waals surface area contributed by atoms with Gasteiger partial charge in [-0.3, -0.25) is 9.59 Å². The Morgan fingerprint density at radius 2 is 1.93 bits per heavy atom. The summed E-state index contributed by atoms with van der Waals surface area (Å²) in [4.78, 5) is 36.5. The zero-order chi connectivity index (χ0) is 19.3. The Kier molecular flexibility index (Phi) is 3.91. The molecule has 142 valence electrons. The van der Waals surface area contributed by atoms with Gasteiger partial charge in [0.25, 0.3) is 11.8 Å². The fraction of sp³-hybridized carbons (Fsp3) is 0.286. The Bertz CT molecular complexity index is 1100. The Morgan fingerprint density at radius 3 is 2.75 bits per heavy atom. The third kappa shape index (κ3) is 2.75. The lowest BCUT2D eigenvalue weighted by atomic mass is 10.00. The van der Waals surface area contributed by atoms with E-state index in [1.807, 2.05) is 35.4 Å². The lowest BCUT2D eigenvalue weighted by molar-refractivity contribution is 0.0663. The number of pyridine rings is 1. The molecule has 1 saturated heterocycles.